The lowest BCUT2D eigenvalue weighted by Gasteiger charge is -2.09. The minimum absolute atomic E-state index is 0.241. The number of rotatable bonds is 2. The fourth-order valence-electron chi connectivity index (χ4n) is 1.79. The van der Waals surface area contributed by atoms with Crippen LogP contribution in [0.4, 0.5) is 4.39 Å². The zero-order valence-electron chi connectivity index (χ0n) is 9.97. The third-order valence-corrected chi connectivity index (χ3v) is 3.67. The zero-order chi connectivity index (χ0) is 13.3. The van der Waals surface area contributed by atoms with E-state index in [2.05, 4.69) is 25.9 Å². The maximum Gasteiger partial charge on any atom is 0.165 e. The molecule has 0 amide bonds. The number of aryl methyl sites for hydroxylation is 1. The smallest absolute Gasteiger partial charge is 0.165 e. The summed E-state index contributed by atoms with van der Waals surface area (Å²) in [7, 11) is 0. The Bertz CT molecular complexity index is 558. The first-order valence-corrected chi connectivity index (χ1v) is 6.69. The van der Waals surface area contributed by atoms with E-state index in [9.17, 15) is 4.39 Å². The highest BCUT2D eigenvalue weighted by molar-refractivity contribution is 9.10. The van der Waals surface area contributed by atoms with Crippen molar-refractivity contribution in [3.05, 3.63) is 44.9 Å². The topological polar surface area (TPSA) is 25.8 Å². The zero-order valence-corrected chi connectivity index (χ0v) is 12.3. The summed E-state index contributed by atoms with van der Waals surface area (Å²) in [6.07, 6.45) is 0.817. The first-order chi connectivity index (χ1) is 8.54. The molecule has 0 saturated heterocycles. The van der Waals surface area contributed by atoms with Crippen LogP contribution in [0.3, 0.4) is 0 Å². The number of hydrogen-bond donors (Lipinski definition) is 0. The van der Waals surface area contributed by atoms with Gasteiger partial charge >= 0.3 is 0 Å². The van der Waals surface area contributed by atoms with Crippen LogP contribution in [-0.4, -0.2) is 9.97 Å². The molecule has 0 aliphatic rings. The average molecular weight is 330 g/mol. The molecule has 0 spiro atoms. The largest absolute Gasteiger partial charge is 0.233 e. The summed E-state index contributed by atoms with van der Waals surface area (Å²) in [6.45, 7) is 3.90. The molecule has 2 nitrogen and oxygen atoms in total. The van der Waals surface area contributed by atoms with E-state index in [0.717, 1.165) is 17.7 Å². The van der Waals surface area contributed by atoms with Crippen LogP contribution in [0.5, 0.6) is 0 Å². The maximum absolute atomic E-state index is 13.8. The Kier molecular flexibility index (Phi) is 3.97. The van der Waals surface area contributed by atoms with Gasteiger partial charge in [-0.15, -0.1) is 0 Å². The first-order valence-electron chi connectivity index (χ1n) is 5.52. The molecule has 2 aromatic rings. The molecule has 0 bridgehead atoms. The summed E-state index contributed by atoms with van der Waals surface area (Å²) < 4.78 is 14.5. The molecule has 18 heavy (non-hydrogen) atoms. The van der Waals surface area contributed by atoms with Gasteiger partial charge in [0, 0.05) is 11.3 Å². The maximum atomic E-state index is 13.8. The van der Waals surface area contributed by atoms with Crippen LogP contribution in [0.15, 0.2) is 22.8 Å². The summed E-state index contributed by atoms with van der Waals surface area (Å²) in [6, 6.07) is 4.53. The van der Waals surface area contributed by atoms with Crippen LogP contribution in [0.2, 0.25) is 5.02 Å². The lowest BCUT2D eigenvalue weighted by Crippen LogP contribution is -2.01. The van der Waals surface area contributed by atoms with E-state index < -0.39 is 5.82 Å². The Morgan fingerprint density at radius 2 is 2.06 bits per heavy atom. The van der Waals surface area contributed by atoms with Crippen molar-refractivity contribution in [1.29, 1.82) is 0 Å². The summed E-state index contributed by atoms with van der Waals surface area (Å²) in [5.74, 6) is -0.113. The van der Waals surface area contributed by atoms with Gasteiger partial charge < -0.3 is 0 Å². The second kappa shape index (κ2) is 5.33. The Balaban J connectivity index is 2.66. The van der Waals surface area contributed by atoms with E-state index in [4.69, 9.17) is 11.6 Å². The van der Waals surface area contributed by atoms with Crippen LogP contribution >= 0.6 is 27.5 Å². The van der Waals surface area contributed by atoms with Crippen LogP contribution in [0.25, 0.3) is 11.4 Å². The molecule has 0 N–H and O–H groups in total. The molecular formula is C13H11BrClFN2. The number of hydrogen-bond acceptors (Lipinski definition) is 2. The highest BCUT2D eigenvalue weighted by Crippen LogP contribution is 2.30. The van der Waals surface area contributed by atoms with Gasteiger partial charge in [-0.3, -0.25) is 0 Å². The van der Waals surface area contributed by atoms with Crippen LogP contribution in [0, 0.1) is 12.7 Å². The van der Waals surface area contributed by atoms with Gasteiger partial charge in [-0.2, -0.15) is 0 Å². The quantitative estimate of drug-likeness (QED) is 0.754. The Labute approximate surface area is 118 Å². The van der Waals surface area contributed by atoms with Crippen molar-refractivity contribution in [1.82, 2.24) is 9.97 Å². The lowest BCUT2D eigenvalue weighted by molar-refractivity contribution is 0.630. The van der Waals surface area contributed by atoms with Gasteiger partial charge in [-0.1, -0.05) is 24.6 Å². The Morgan fingerprint density at radius 1 is 1.33 bits per heavy atom. The van der Waals surface area contributed by atoms with Crippen molar-refractivity contribution >= 4 is 27.5 Å². The average Bonchev–Trinajstić information content (AvgIpc) is 2.28. The first kappa shape index (κ1) is 13.4. The predicted molar refractivity (Wildman–Crippen MR) is 74.3 cm³/mol. The predicted octanol–water partition coefficient (Wildman–Crippen LogP) is 4.57. The van der Waals surface area contributed by atoms with Gasteiger partial charge in [0.15, 0.2) is 5.82 Å². The molecule has 0 radical (unpaired) electrons. The molecule has 0 atom stereocenters. The minimum Gasteiger partial charge on any atom is -0.233 e. The number of benzene rings is 1. The molecule has 94 valence electrons. The normalized spacial score (nSPS) is 10.7. The molecule has 1 aromatic heterocycles. The van der Waals surface area contributed by atoms with Crippen molar-refractivity contribution in [2.75, 3.05) is 0 Å². The lowest BCUT2D eigenvalue weighted by atomic mass is 10.1. The summed E-state index contributed by atoms with van der Waals surface area (Å²) in [4.78, 5) is 8.61. The van der Waals surface area contributed by atoms with Crippen molar-refractivity contribution in [3.8, 4) is 11.4 Å². The molecule has 1 aromatic carbocycles. The van der Waals surface area contributed by atoms with Gasteiger partial charge in [0.2, 0.25) is 0 Å². The molecule has 0 saturated carbocycles. The van der Waals surface area contributed by atoms with Crippen molar-refractivity contribution in [2.45, 2.75) is 20.3 Å². The van der Waals surface area contributed by atoms with Gasteiger partial charge in [0.05, 0.1) is 10.6 Å². The highest BCUT2D eigenvalue weighted by atomic mass is 79.9. The molecule has 0 aliphatic heterocycles. The second-order valence-corrected chi connectivity index (χ2v) is 5.01. The standard InChI is InChI=1S/C13H11BrClFN2/c1-3-8-7(2)17-13(18-12(8)14)11-9(15)5-4-6-10(11)16/h4-6H,3H2,1-2H3. The van der Waals surface area contributed by atoms with E-state index in [0.29, 0.717) is 15.5 Å². The SMILES string of the molecule is CCc1c(C)nc(-c2c(F)cccc2Cl)nc1Br. The van der Waals surface area contributed by atoms with Crippen LogP contribution in [-0.2, 0) is 6.42 Å². The summed E-state index contributed by atoms with van der Waals surface area (Å²) >= 11 is 9.39. The van der Waals surface area contributed by atoms with Crippen molar-refractivity contribution in [3.63, 3.8) is 0 Å². The fraction of sp³-hybridized carbons (Fsp3) is 0.231. The van der Waals surface area contributed by atoms with Gasteiger partial charge in [0.1, 0.15) is 10.4 Å². The highest BCUT2D eigenvalue weighted by Gasteiger charge is 2.15. The molecule has 5 heteroatoms. The number of halogens is 3. The fourth-order valence-corrected chi connectivity index (χ4v) is 2.77. The summed E-state index contributed by atoms with van der Waals surface area (Å²) in [5.41, 5.74) is 2.09. The minimum atomic E-state index is -0.418. The molecule has 0 unspecified atom stereocenters. The van der Waals surface area contributed by atoms with E-state index in [-0.39, 0.29) is 5.56 Å². The van der Waals surface area contributed by atoms with E-state index >= 15 is 0 Å². The number of nitrogens with zero attached hydrogens (tertiary/aromatic N) is 2. The van der Waals surface area contributed by atoms with Gasteiger partial charge in [0.25, 0.3) is 0 Å². The Hall–Kier alpha value is -1.00. The molecule has 2 rings (SSSR count). The Morgan fingerprint density at radius 3 is 2.61 bits per heavy atom. The van der Waals surface area contributed by atoms with Gasteiger partial charge in [-0.05, 0) is 41.4 Å². The van der Waals surface area contributed by atoms with E-state index in [1.165, 1.54) is 6.07 Å². The summed E-state index contributed by atoms with van der Waals surface area (Å²) in [5, 5.41) is 0.311. The van der Waals surface area contributed by atoms with Gasteiger partial charge in [-0.25, -0.2) is 14.4 Å². The molecule has 0 fully saturated rings. The van der Waals surface area contributed by atoms with Crippen LogP contribution < -0.4 is 0 Å². The van der Waals surface area contributed by atoms with Crippen LogP contribution in [0.1, 0.15) is 18.2 Å². The third kappa shape index (κ3) is 2.40. The third-order valence-electron chi connectivity index (χ3n) is 2.70. The van der Waals surface area contributed by atoms with E-state index in [1.54, 1.807) is 12.1 Å². The second-order valence-electron chi connectivity index (χ2n) is 3.85. The molecular weight excluding hydrogens is 319 g/mol. The molecule has 1 heterocycles. The van der Waals surface area contributed by atoms with E-state index in [1.807, 2.05) is 13.8 Å². The molecule has 0 aliphatic carbocycles. The number of aromatic nitrogens is 2. The van der Waals surface area contributed by atoms with Crippen molar-refractivity contribution in [2.24, 2.45) is 0 Å². The monoisotopic (exact) mass is 328 g/mol. The van der Waals surface area contributed by atoms with Crippen molar-refractivity contribution < 1.29 is 4.39 Å².